The Bertz CT molecular complexity index is 455. The van der Waals surface area contributed by atoms with Crippen LogP contribution in [0.3, 0.4) is 0 Å². The lowest BCUT2D eigenvalue weighted by Crippen LogP contribution is -2.38. The van der Waals surface area contributed by atoms with E-state index in [9.17, 15) is 4.79 Å². The zero-order valence-corrected chi connectivity index (χ0v) is 13.6. The quantitative estimate of drug-likeness (QED) is 0.751. The van der Waals surface area contributed by atoms with E-state index in [0.29, 0.717) is 37.8 Å². The van der Waals surface area contributed by atoms with Gasteiger partial charge in [-0.25, -0.2) is 0 Å². The summed E-state index contributed by atoms with van der Waals surface area (Å²) < 4.78 is 10.1. The lowest BCUT2D eigenvalue weighted by atomic mass is 10.2. The summed E-state index contributed by atoms with van der Waals surface area (Å²) in [7, 11) is 3.41. The predicted molar refractivity (Wildman–Crippen MR) is 81.3 cm³/mol. The van der Waals surface area contributed by atoms with Crippen molar-refractivity contribution in [2.45, 2.75) is 38.6 Å². The number of rotatable bonds is 7. The molecule has 0 N–H and O–H groups in total. The van der Waals surface area contributed by atoms with E-state index in [-0.39, 0.29) is 5.91 Å². The van der Waals surface area contributed by atoms with Crippen LogP contribution in [0, 0.1) is 0 Å². The number of methoxy groups -OCH3 is 1. The van der Waals surface area contributed by atoms with Crippen molar-refractivity contribution in [1.29, 1.82) is 0 Å². The van der Waals surface area contributed by atoms with Crippen LogP contribution in [0.5, 0.6) is 0 Å². The maximum Gasteiger partial charge on any atom is 0.246 e. The smallest absolute Gasteiger partial charge is 0.246 e. The fourth-order valence-corrected chi connectivity index (χ4v) is 2.55. The van der Waals surface area contributed by atoms with E-state index < -0.39 is 0 Å². The summed E-state index contributed by atoms with van der Waals surface area (Å²) in [6, 6.07) is 0. The van der Waals surface area contributed by atoms with Crippen molar-refractivity contribution in [1.82, 2.24) is 19.9 Å². The van der Waals surface area contributed by atoms with Crippen molar-refractivity contribution >= 4 is 5.91 Å². The van der Waals surface area contributed by atoms with Gasteiger partial charge in [-0.15, -0.1) is 0 Å². The molecule has 0 bridgehead atoms. The van der Waals surface area contributed by atoms with Gasteiger partial charge in [-0.05, 0) is 25.9 Å². The lowest BCUT2D eigenvalue weighted by Gasteiger charge is -2.22. The molecular formula is C15H26N4O3. The maximum absolute atomic E-state index is 12.3. The third-order valence-corrected chi connectivity index (χ3v) is 3.90. The highest BCUT2D eigenvalue weighted by Crippen LogP contribution is 2.10. The first-order chi connectivity index (χ1) is 10.7. The first-order valence-corrected chi connectivity index (χ1v) is 7.95. The van der Waals surface area contributed by atoms with Gasteiger partial charge in [0.1, 0.15) is 0 Å². The van der Waals surface area contributed by atoms with Crippen LogP contribution in [0.15, 0.2) is 4.52 Å². The van der Waals surface area contributed by atoms with Gasteiger partial charge >= 0.3 is 0 Å². The molecule has 7 heteroatoms. The molecular weight excluding hydrogens is 284 g/mol. The third-order valence-electron chi connectivity index (χ3n) is 3.90. The van der Waals surface area contributed by atoms with E-state index in [2.05, 4.69) is 15.0 Å². The maximum atomic E-state index is 12.3. The normalized spacial score (nSPS) is 16.5. The molecule has 0 radical (unpaired) electrons. The summed E-state index contributed by atoms with van der Waals surface area (Å²) in [6.07, 6.45) is 5.53. The van der Waals surface area contributed by atoms with Crippen molar-refractivity contribution in [3.8, 4) is 0 Å². The Kier molecular flexibility index (Phi) is 6.79. The van der Waals surface area contributed by atoms with E-state index >= 15 is 0 Å². The molecule has 0 spiro atoms. The van der Waals surface area contributed by atoms with Crippen molar-refractivity contribution in [3.05, 3.63) is 11.7 Å². The Hall–Kier alpha value is -1.47. The number of carbonyl (C=O) groups excluding carboxylic acids is 1. The molecule has 0 atom stereocenters. The molecule has 0 aromatic carbocycles. The SMILES string of the molecule is COCCc1noc(CN(C)C(=O)CN2CCCCCC2)n1. The zero-order chi connectivity index (χ0) is 15.8. The minimum atomic E-state index is 0.0959. The average Bonchev–Trinajstić information content (AvgIpc) is 2.79. The van der Waals surface area contributed by atoms with Crippen LogP contribution in [0.4, 0.5) is 0 Å². The molecule has 22 heavy (non-hydrogen) atoms. The molecule has 124 valence electrons. The first-order valence-electron chi connectivity index (χ1n) is 7.95. The molecule has 1 amide bonds. The number of nitrogens with zero attached hydrogens (tertiary/aromatic N) is 4. The van der Waals surface area contributed by atoms with Gasteiger partial charge in [0.15, 0.2) is 5.82 Å². The molecule has 1 fully saturated rings. The van der Waals surface area contributed by atoms with Crippen LogP contribution in [0.1, 0.15) is 37.4 Å². The van der Waals surface area contributed by atoms with Gasteiger partial charge < -0.3 is 14.2 Å². The van der Waals surface area contributed by atoms with Gasteiger partial charge in [0.25, 0.3) is 0 Å². The number of aromatic nitrogens is 2. The van der Waals surface area contributed by atoms with Crippen LogP contribution < -0.4 is 0 Å². The van der Waals surface area contributed by atoms with Gasteiger partial charge in [0.05, 0.1) is 19.7 Å². The Morgan fingerprint density at radius 2 is 2.05 bits per heavy atom. The van der Waals surface area contributed by atoms with Crippen LogP contribution in [0.2, 0.25) is 0 Å². The number of hydrogen-bond donors (Lipinski definition) is 0. The topological polar surface area (TPSA) is 71.7 Å². The van der Waals surface area contributed by atoms with Crippen LogP contribution in [0.25, 0.3) is 0 Å². The van der Waals surface area contributed by atoms with E-state index in [1.165, 1.54) is 25.7 Å². The van der Waals surface area contributed by atoms with Gasteiger partial charge in [-0.3, -0.25) is 9.69 Å². The predicted octanol–water partition coefficient (Wildman–Crippen LogP) is 1.09. The molecule has 2 heterocycles. The van der Waals surface area contributed by atoms with Gasteiger partial charge in [0.2, 0.25) is 11.8 Å². The molecule has 0 saturated carbocycles. The Morgan fingerprint density at radius 3 is 2.73 bits per heavy atom. The molecule has 2 rings (SSSR count). The van der Waals surface area contributed by atoms with Crippen LogP contribution in [-0.2, 0) is 22.5 Å². The summed E-state index contributed by atoms with van der Waals surface area (Å²) >= 11 is 0. The van der Waals surface area contributed by atoms with Crippen molar-refractivity contribution in [3.63, 3.8) is 0 Å². The Morgan fingerprint density at radius 1 is 1.32 bits per heavy atom. The zero-order valence-electron chi connectivity index (χ0n) is 13.6. The number of carbonyl (C=O) groups is 1. The van der Waals surface area contributed by atoms with Gasteiger partial charge in [-0.2, -0.15) is 4.98 Å². The first kappa shape index (κ1) is 16.9. The number of hydrogen-bond acceptors (Lipinski definition) is 6. The molecule has 1 saturated heterocycles. The third kappa shape index (κ3) is 5.38. The summed E-state index contributed by atoms with van der Waals surface area (Å²) in [4.78, 5) is 20.4. The lowest BCUT2D eigenvalue weighted by molar-refractivity contribution is -0.132. The number of amides is 1. The van der Waals surface area contributed by atoms with Gasteiger partial charge in [-0.1, -0.05) is 18.0 Å². The molecule has 7 nitrogen and oxygen atoms in total. The van der Waals surface area contributed by atoms with Crippen molar-refractivity contribution in [2.75, 3.05) is 40.4 Å². The molecule has 1 aromatic rings. The highest BCUT2D eigenvalue weighted by Gasteiger charge is 2.18. The molecule has 1 aromatic heterocycles. The fraction of sp³-hybridized carbons (Fsp3) is 0.800. The van der Waals surface area contributed by atoms with E-state index in [1.807, 2.05) is 0 Å². The Labute approximate surface area is 131 Å². The summed E-state index contributed by atoms with van der Waals surface area (Å²) in [5.41, 5.74) is 0. The molecule has 0 aliphatic carbocycles. The second kappa shape index (κ2) is 8.85. The fourth-order valence-electron chi connectivity index (χ4n) is 2.55. The molecule has 1 aliphatic rings. The second-order valence-electron chi connectivity index (χ2n) is 5.79. The molecule has 1 aliphatic heterocycles. The highest BCUT2D eigenvalue weighted by atomic mass is 16.5. The van der Waals surface area contributed by atoms with Gasteiger partial charge in [0, 0.05) is 20.6 Å². The molecule has 0 unspecified atom stereocenters. The minimum Gasteiger partial charge on any atom is -0.384 e. The average molecular weight is 310 g/mol. The standard InChI is InChI=1S/C15H26N4O3/c1-18(11-14-16-13(17-22-14)7-10-21-2)15(20)12-19-8-5-3-4-6-9-19/h3-12H2,1-2H3. The van der Waals surface area contributed by atoms with E-state index in [4.69, 9.17) is 9.26 Å². The summed E-state index contributed by atoms with van der Waals surface area (Å²) in [5.74, 6) is 1.18. The Balaban J connectivity index is 1.78. The number of likely N-dealkylation sites (N-methyl/N-ethyl adjacent to an activating group) is 1. The summed E-state index contributed by atoms with van der Waals surface area (Å²) in [5, 5.41) is 3.88. The monoisotopic (exact) mass is 310 g/mol. The minimum absolute atomic E-state index is 0.0959. The van der Waals surface area contributed by atoms with Crippen molar-refractivity contribution < 1.29 is 14.1 Å². The highest BCUT2D eigenvalue weighted by molar-refractivity contribution is 5.77. The van der Waals surface area contributed by atoms with E-state index in [0.717, 1.165) is 13.1 Å². The number of likely N-dealkylation sites (tertiary alicyclic amines) is 1. The largest absolute Gasteiger partial charge is 0.384 e. The second-order valence-corrected chi connectivity index (χ2v) is 5.79. The summed E-state index contributed by atoms with van der Waals surface area (Å²) in [6.45, 7) is 3.42. The van der Waals surface area contributed by atoms with Crippen molar-refractivity contribution in [2.24, 2.45) is 0 Å². The van der Waals surface area contributed by atoms with Crippen LogP contribution in [-0.4, -0.2) is 66.2 Å². The van der Waals surface area contributed by atoms with E-state index in [1.54, 1.807) is 19.1 Å². The number of ether oxygens (including phenoxy) is 1. The van der Waals surface area contributed by atoms with Crippen LogP contribution >= 0.6 is 0 Å².